The van der Waals surface area contributed by atoms with Gasteiger partial charge < -0.3 is 15.2 Å². The molecule has 2 aromatic heterocycles. The second-order valence-electron chi connectivity index (χ2n) is 6.26. The SMILES string of the molecule is COCC(C)(NC(=O)c1cc(C)nc2c1cnn2C(C)C)C(=O)O. The number of aliphatic carboxylic acids is 1. The highest BCUT2D eigenvalue weighted by atomic mass is 16.5. The molecule has 2 rings (SSSR count). The summed E-state index contributed by atoms with van der Waals surface area (Å²) in [7, 11) is 1.38. The first-order valence-electron chi connectivity index (χ1n) is 7.59. The standard InChI is InChI=1S/C16H22N4O4/c1-9(2)20-13-12(7-17-20)11(6-10(3)18-13)14(21)19-16(4,8-24-5)15(22)23/h6-7,9H,8H2,1-5H3,(H,19,21)(H,22,23). The molecular formula is C16H22N4O4. The van der Waals surface area contributed by atoms with Crippen molar-refractivity contribution in [1.29, 1.82) is 0 Å². The van der Waals surface area contributed by atoms with Crippen LogP contribution in [0.25, 0.3) is 11.0 Å². The summed E-state index contributed by atoms with van der Waals surface area (Å²) in [5, 5.41) is 16.8. The van der Waals surface area contributed by atoms with Crippen LogP contribution < -0.4 is 5.32 Å². The Morgan fingerprint density at radius 1 is 1.46 bits per heavy atom. The van der Waals surface area contributed by atoms with Crippen molar-refractivity contribution in [2.24, 2.45) is 0 Å². The molecule has 1 atom stereocenters. The van der Waals surface area contributed by atoms with Crippen LogP contribution in [0, 0.1) is 6.92 Å². The van der Waals surface area contributed by atoms with Gasteiger partial charge in [-0.3, -0.25) is 4.79 Å². The highest BCUT2D eigenvalue weighted by Crippen LogP contribution is 2.21. The summed E-state index contributed by atoms with van der Waals surface area (Å²) < 4.78 is 6.65. The van der Waals surface area contributed by atoms with Crippen molar-refractivity contribution in [1.82, 2.24) is 20.1 Å². The molecule has 0 aromatic carbocycles. The average molecular weight is 334 g/mol. The number of hydrogen-bond donors (Lipinski definition) is 2. The van der Waals surface area contributed by atoms with Gasteiger partial charge in [0.25, 0.3) is 5.91 Å². The Kier molecular flexibility index (Phi) is 4.88. The van der Waals surface area contributed by atoms with Crippen LogP contribution in [0.15, 0.2) is 12.3 Å². The first-order chi connectivity index (χ1) is 11.2. The molecule has 0 spiro atoms. The Morgan fingerprint density at radius 2 is 2.12 bits per heavy atom. The number of rotatable bonds is 6. The van der Waals surface area contributed by atoms with E-state index in [0.717, 1.165) is 0 Å². The lowest BCUT2D eigenvalue weighted by Gasteiger charge is -2.25. The largest absolute Gasteiger partial charge is 0.479 e. The van der Waals surface area contributed by atoms with Gasteiger partial charge in [-0.05, 0) is 33.8 Å². The summed E-state index contributed by atoms with van der Waals surface area (Å²) in [6.45, 7) is 6.97. The second kappa shape index (κ2) is 6.56. The first-order valence-corrected chi connectivity index (χ1v) is 7.59. The molecule has 0 bridgehead atoms. The third-order valence-corrected chi connectivity index (χ3v) is 3.72. The van der Waals surface area contributed by atoms with Gasteiger partial charge in [0.05, 0.1) is 23.8 Å². The highest BCUT2D eigenvalue weighted by Gasteiger charge is 2.35. The summed E-state index contributed by atoms with van der Waals surface area (Å²) in [5.41, 5.74) is 0.0642. The number of ether oxygens (including phenoxy) is 1. The Hall–Kier alpha value is -2.48. The van der Waals surface area contributed by atoms with Crippen molar-refractivity contribution < 1.29 is 19.4 Å². The van der Waals surface area contributed by atoms with Crippen molar-refractivity contribution in [2.75, 3.05) is 13.7 Å². The third kappa shape index (κ3) is 3.23. The van der Waals surface area contributed by atoms with Crippen molar-refractivity contribution in [2.45, 2.75) is 39.3 Å². The van der Waals surface area contributed by atoms with Crippen LogP contribution in [-0.2, 0) is 9.53 Å². The lowest BCUT2D eigenvalue weighted by Crippen LogP contribution is -2.55. The summed E-state index contributed by atoms with van der Waals surface area (Å²) in [6.07, 6.45) is 1.57. The van der Waals surface area contributed by atoms with Crippen molar-refractivity contribution in [3.63, 3.8) is 0 Å². The van der Waals surface area contributed by atoms with Gasteiger partial charge in [0.15, 0.2) is 11.2 Å². The molecule has 2 N–H and O–H groups in total. The number of fused-ring (bicyclic) bond motifs is 1. The molecule has 1 unspecified atom stereocenters. The topological polar surface area (TPSA) is 106 Å². The first kappa shape index (κ1) is 17.9. The molecule has 0 saturated heterocycles. The molecule has 0 aliphatic carbocycles. The monoisotopic (exact) mass is 334 g/mol. The van der Waals surface area contributed by atoms with Gasteiger partial charge >= 0.3 is 5.97 Å². The molecule has 0 aliphatic heterocycles. The van der Waals surface area contributed by atoms with Crippen LogP contribution in [0.3, 0.4) is 0 Å². The molecule has 2 aromatic rings. The number of nitrogens with one attached hydrogen (secondary N) is 1. The molecule has 24 heavy (non-hydrogen) atoms. The molecule has 8 heteroatoms. The van der Waals surface area contributed by atoms with Gasteiger partial charge in [-0.2, -0.15) is 5.10 Å². The van der Waals surface area contributed by atoms with Crippen molar-refractivity contribution in [3.05, 3.63) is 23.5 Å². The molecule has 1 amide bonds. The van der Waals surface area contributed by atoms with Crippen LogP contribution in [0.1, 0.15) is 42.9 Å². The lowest BCUT2D eigenvalue weighted by molar-refractivity contribution is -0.145. The van der Waals surface area contributed by atoms with Crippen molar-refractivity contribution in [3.8, 4) is 0 Å². The maximum absolute atomic E-state index is 12.7. The normalized spacial score (nSPS) is 13.9. The average Bonchev–Trinajstić information content (AvgIpc) is 2.89. The fraction of sp³-hybridized carbons (Fsp3) is 0.500. The number of aryl methyl sites for hydroxylation is 1. The van der Waals surface area contributed by atoms with Gasteiger partial charge in [0.1, 0.15) is 0 Å². The molecule has 0 aliphatic rings. The Bertz CT molecular complexity index is 784. The van der Waals surface area contributed by atoms with Crippen LogP contribution >= 0.6 is 0 Å². The zero-order valence-corrected chi connectivity index (χ0v) is 14.5. The van der Waals surface area contributed by atoms with Crippen LogP contribution in [0.4, 0.5) is 0 Å². The van der Waals surface area contributed by atoms with E-state index < -0.39 is 17.4 Å². The van der Waals surface area contributed by atoms with Gasteiger partial charge in [-0.25, -0.2) is 14.5 Å². The Balaban J connectivity index is 2.48. The molecule has 0 fully saturated rings. The molecule has 0 radical (unpaired) electrons. The van der Waals surface area contributed by atoms with Crippen molar-refractivity contribution >= 4 is 22.9 Å². The van der Waals surface area contributed by atoms with Gasteiger partial charge in [0, 0.05) is 18.8 Å². The van der Waals surface area contributed by atoms with E-state index in [1.54, 1.807) is 23.9 Å². The fourth-order valence-corrected chi connectivity index (χ4v) is 2.47. The Labute approximate surface area is 139 Å². The van der Waals surface area contributed by atoms with E-state index in [0.29, 0.717) is 22.3 Å². The van der Waals surface area contributed by atoms with Gasteiger partial charge in [-0.1, -0.05) is 0 Å². The molecular weight excluding hydrogens is 312 g/mol. The zero-order valence-electron chi connectivity index (χ0n) is 14.5. The minimum atomic E-state index is -1.52. The van der Waals surface area contributed by atoms with E-state index in [-0.39, 0.29) is 12.6 Å². The highest BCUT2D eigenvalue weighted by molar-refractivity contribution is 6.07. The van der Waals surface area contributed by atoms with E-state index in [1.165, 1.54) is 14.0 Å². The summed E-state index contributed by atoms with van der Waals surface area (Å²) in [4.78, 5) is 28.6. The van der Waals surface area contributed by atoms with E-state index >= 15 is 0 Å². The predicted octanol–water partition coefficient (Wildman–Crippen LogP) is 1.54. The third-order valence-electron chi connectivity index (χ3n) is 3.72. The number of carbonyl (C=O) groups excluding carboxylic acids is 1. The Morgan fingerprint density at radius 3 is 2.67 bits per heavy atom. The minimum Gasteiger partial charge on any atom is -0.479 e. The summed E-state index contributed by atoms with van der Waals surface area (Å²) >= 11 is 0. The van der Waals surface area contributed by atoms with E-state index in [1.807, 2.05) is 13.8 Å². The number of amides is 1. The molecule has 130 valence electrons. The van der Waals surface area contributed by atoms with Gasteiger partial charge in [-0.15, -0.1) is 0 Å². The molecule has 2 heterocycles. The lowest BCUT2D eigenvalue weighted by atomic mass is 10.0. The number of aromatic nitrogens is 3. The quantitative estimate of drug-likeness (QED) is 0.830. The van der Waals surface area contributed by atoms with E-state index in [2.05, 4.69) is 15.4 Å². The van der Waals surface area contributed by atoms with Crippen LogP contribution in [-0.4, -0.2) is 51.0 Å². The van der Waals surface area contributed by atoms with E-state index in [9.17, 15) is 14.7 Å². The zero-order chi connectivity index (χ0) is 18.1. The molecule has 0 saturated carbocycles. The maximum Gasteiger partial charge on any atom is 0.331 e. The second-order valence-corrected chi connectivity index (χ2v) is 6.26. The smallest absolute Gasteiger partial charge is 0.331 e. The van der Waals surface area contributed by atoms with Gasteiger partial charge in [0.2, 0.25) is 0 Å². The number of methoxy groups -OCH3 is 1. The van der Waals surface area contributed by atoms with Crippen LogP contribution in [0.2, 0.25) is 0 Å². The minimum absolute atomic E-state index is 0.0884. The number of carboxylic acid groups (broad SMARTS) is 1. The number of pyridine rings is 1. The number of hydrogen-bond acceptors (Lipinski definition) is 5. The number of carboxylic acids is 1. The van der Waals surface area contributed by atoms with Crippen LogP contribution in [0.5, 0.6) is 0 Å². The summed E-state index contributed by atoms with van der Waals surface area (Å²) in [6, 6.07) is 1.71. The number of carbonyl (C=O) groups is 2. The molecule has 8 nitrogen and oxygen atoms in total. The predicted molar refractivity (Wildman–Crippen MR) is 88.0 cm³/mol. The van der Waals surface area contributed by atoms with E-state index in [4.69, 9.17) is 4.74 Å². The number of nitrogens with zero attached hydrogens (tertiary/aromatic N) is 3. The fourth-order valence-electron chi connectivity index (χ4n) is 2.47. The summed E-state index contributed by atoms with van der Waals surface area (Å²) in [5.74, 6) is -1.67. The maximum atomic E-state index is 12.7.